The number of nitrogens with two attached hydrogens (primary N) is 1. The second-order valence-electron chi connectivity index (χ2n) is 10.2. The Kier molecular flexibility index (Phi) is 6.86. The molecular weight excluding hydrogens is 448 g/mol. The summed E-state index contributed by atoms with van der Waals surface area (Å²) >= 11 is 0. The Bertz CT molecular complexity index is 1090. The number of hydrogen-bond donors (Lipinski definition) is 2. The third-order valence-corrected chi connectivity index (χ3v) is 9.60. The number of non-ortho nitro benzene ring substituents is 1. The standard InChI is InChI=1S/C25H32N4O4Si/c1-34(2)15-23(24(30)27-22-9-5-7-18-6-3-4-8-20(18)22)28(16-34)25(31)21(26)14-17-10-12-19(13-11-17)29(32)33/h3-4,6,8,10-13,21-23H,5,7,9,14-16,26H2,1-2H3,(H,27,30)/t21?,22-,23?/m1/s1. The first-order valence-corrected chi connectivity index (χ1v) is 15.2. The second-order valence-corrected chi connectivity index (χ2v) is 15.3. The Morgan fingerprint density at radius 1 is 1.21 bits per heavy atom. The van der Waals surface area contributed by atoms with Crippen LogP contribution >= 0.6 is 0 Å². The van der Waals surface area contributed by atoms with Gasteiger partial charge in [0.2, 0.25) is 11.8 Å². The summed E-state index contributed by atoms with van der Waals surface area (Å²) in [4.78, 5) is 38.9. The quantitative estimate of drug-likeness (QED) is 0.374. The van der Waals surface area contributed by atoms with E-state index in [2.05, 4.69) is 30.5 Å². The van der Waals surface area contributed by atoms with Gasteiger partial charge in [0, 0.05) is 18.3 Å². The first kappa shape index (κ1) is 24.1. The Hall–Kier alpha value is -3.04. The van der Waals surface area contributed by atoms with Crippen molar-refractivity contribution in [1.29, 1.82) is 0 Å². The second kappa shape index (κ2) is 9.67. The predicted octanol–water partition coefficient (Wildman–Crippen LogP) is 3.12. The molecule has 0 bridgehead atoms. The van der Waals surface area contributed by atoms with Crippen molar-refractivity contribution < 1.29 is 14.5 Å². The highest BCUT2D eigenvalue weighted by Gasteiger charge is 2.46. The number of carbonyl (C=O) groups is 2. The number of benzene rings is 2. The summed E-state index contributed by atoms with van der Waals surface area (Å²) in [5.74, 6) is -0.337. The Morgan fingerprint density at radius 2 is 1.91 bits per heavy atom. The van der Waals surface area contributed by atoms with E-state index in [0.717, 1.165) is 24.8 Å². The van der Waals surface area contributed by atoms with Gasteiger partial charge in [-0.25, -0.2) is 0 Å². The van der Waals surface area contributed by atoms with Crippen molar-refractivity contribution >= 4 is 25.6 Å². The van der Waals surface area contributed by atoms with Crippen LogP contribution in [0.15, 0.2) is 48.5 Å². The average Bonchev–Trinajstić information content (AvgIpc) is 3.14. The number of aryl methyl sites for hydroxylation is 1. The molecule has 3 N–H and O–H groups in total. The largest absolute Gasteiger partial charge is 0.348 e. The maximum absolute atomic E-state index is 13.4. The van der Waals surface area contributed by atoms with Gasteiger partial charge < -0.3 is 16.0 Å². The molecule has 9 heteroatoms. The van der Waals surface area contributed by atoms with Crippen molar-refractivity contribution in [2.45, 2.75) is 62.9 Å². The molecule has 0 saturated carbocycles. The summed E-state index contributed by atoms with van der Waals surface area (Å²) in [6, 6.07) is 13.7. The summed E-state index contributed by atoms with van der Waals surface area (Å²) in [5, 5.41) is 14.1. The SMILES string of the molecule is C[Si]1(C)CC(C(=O)N[C@@H]2CCCc3ccccc32)N(C(=O)C(N)Cc2ccc([N+](=O)[O-])cc2)C1. The van der Waals surface area contributed by atoms with Crippen LogP contribution in [0.1, 0.15) is 35.6 Å². The molecule has 2 aromatic rings. The lowest BCUT2D eigenvalue weighted by molar-refractivity contribution is -0.384. The highest BCUT2D eigenvalue weighted by molar-refractivity contribution is 6.79. The summed E-state index contributed by atoms with van der Waals surface area (Å²) in [6.45, 7) is 4.39. The van der Waals surface area contributed by atoms with Gasteiger partial charge in [0.05, 0.1) is 25.1 Å². The van der Waals surface area contributed by atoms with Gasteiger partial charge in [0.25, 0.3) is 5.69 Å². The molecule has 2 amide bonds. The lowest BCUT2D eigenvalue weighted by Crippen LogP contribution is -2.52. The van der Waals surface area contributed by atoms with E-state index in [9.17, 15) is 19.7 Å². The van der Waals surface area contributed by atoms with Gasteiger partial charge in [-0.1, -0.05) is 49.5 Å². The molecule has 8 nitrogen and oxygen atoms in total. The van der Waals surface area contributed by atoms with Crippen LogP contribution in [0.4, 0.5) is 5.69 Å². The number of carbonyl (C=O) groups excluding carboxylic acids is 2. The molecule has 3 atom stereocenters. The normalized spacial score (nSPS) is 22.0. The zero-order chi connectivity index (χ0) is 24.5. The van der Waals surface area contributed by atoms with E-state index in [4.69, 9.17) is 5.73 Å². The molecule has 1 aliphatic carbocycles. The van der Waals surface area contributed by atoms with E-state index >= 15 is 0 Å². The summed E-state index contributed by atoms with van der Waals surface area (Å²) in [5.41, 5.74) is 9.48. The topological polar surface area (TPSA) is 119 Å². The van der Waals surface area contributed by atoms with Crippen molar-refractivity contribution in [2.24, 2.45) is 5.73 Å². The van der Waals surface area contributed by atoms with E-state index in [1.807, 2.05) is 12.1 Å². The highest BCUT2D eigenvalue weighted by atomic mass is 28.3. The Labute approximate surface area is 200 Å². The molecule has 2 unspecified atom stereocenters. The maximum atomic E-state index is 13.4. The number of nitrogens with one attached hydrogen (secondary N) is 1. The molecule has 2 aliphatic rings. The van der Waals surface area contributed by atoms with Gasteiger partial charge in [-0.05, 0) is 48.4 Å². The minimum Gasteiger partial charge on any atom is -0.348 e. The molecule has 1 saturated heterocycles. The van der Waals surface area contributed by atoms with Crippen LogP contribution in [0.5, 0.6) is 0 Å². The third-order valence-electron chi connectivity index (χ3n) is 6.91. The lowest BCUT2D eigenvalue weighted by Gasteiger charge is -2.31. The number of fused-ring (bicyclic) bond motifs is 1. The molecule has 2 aromatic carbocycles. The van der Waals surface area contributed by atoms with E-state index in [0.29, 0.717) is 12.2 Å². The smallest absolute Gasteiger partial charge is 0.269 e. The first-order valence-electron chi connectivity index (χ1n) is 11.8. The molecule has 1 heterocycles. The summed E-state index contributed by atoms with van der Waals surface area (Å²) in [7, 11) is -1.77. The molecule has 1 fully saturated rings. The number of nitro benzene ring substituents is 1. The van der Waals surface area contributed by atoms with Gasteiger partial charge in [-0.2, -0.15) is 0 Å². The Balaban J connectivity index is 1.46. The fourth-order valence-electron chi connectivity index (χ4n) is 5.22. The zero-order valence-electron chi connectivity index (χ0n) is 19.7. The molecule has 1 aliphatic heterocycles. The van der Waals surface area contributed by atoms with Crippen LogP contribution in [-0.2, 0) is 22.4 Å². The minimum atomic E-state index is -1.77. The highest BCUT2D eigenvalue weighted by Crippen LogP contribution is 2.32. The number of nitrogens with zero attached hydrogens (tertiary/aromatic N) is 2. The van der Waals surface area contributed by atoms with Crippen molar-refractivity contribution in [3.05, 3.63) is 75.3 Å². The van der Waals surface area contributed by atoms with Crippen LogP contribution in [0.25, 0.3) is 0 Å². The van der Waals surface area contributed by atoms with Crippen LogP contribution in [0, 0.1) is 10.1 Å². The van der Waals surface area contributed by atoms with Crippen LogP contribution in [0.3, 0.4) is 0 Å². The van der Waals surface area contributed by atoms with Gasteiger partial charge >= 0.3 is 0 Å². The predicted molar refractivity (Wildman–Crippen MR) is 133 cm³/mol. The van der Waals surface area contributed by atoms with E-state index < -0.39 is 25.1 Å². The minimum absolute atomic E-state index is 0.00281. The molecule has 180 valence electrons. The van der Waals surface area contributed by atoms with Crippen molar-refractivity contribution in [1.82, 2.24) is 10.2 Å². The number of amides is 2. The van der Waals surface area contributed by atoms with Gasteiger partial charge in [-0.15, -0.1) is 0 Å². The van der Waals surface area contributed by atoms with Crippen LogP contribution in [-0.4, -0.2) is 48.0 Å². The molecule has 34 heavy (non-hydrogen) atoms. The zero-order valence-corrected chi connectivity index (χ0v) is 20.7. The van der Waals surface area contributed by atoms with Crippen LogP contribution in [0.2, 0.25) is 19.1 Å². The molecule has 0 spiro atoms. The molecule has 0 radical (unpaired) electrons. The lowest BCUT2D eigenvalue weighted by atomic mass is 9.87. The van der Waals surface area contributed by atoms with Crippen molar-refractivity contribution in [3.63, 3.8) is 0 Å². The maximum Gasteiger partial charge on any atom is 0.269 e. The number of rotatable bonds is 6. The van der Waals surface area contributed by atoms with Crippen molar-refractivity contribution in [3.8, 4) is 0 Å². The van der Waals surface area contributed by atoms with E-state index in [-0.39, 0.29) is 30.0 Å². The fraction of sp³-hybridized carbons (Fsp3) is 0.440. The third kappa shape index (κ3) is 5.20. The number of hydrogen-bond acceptors (Lipinski definition) is 5. The summed E-state index contributed by atoms with van der Waals surface area (Å²) < 4.78 is 0. The monoisotopic (exact) mass is 480 g/mol. The van der Waals surface area contributed by atoms with Crippen molar-refractivity contribution in [2.75, 3.05) is 6.17 Å². The van der Waals surface area contributed by atoms with Gasteiger partial charge in [0.1, 0.15) is 6.04 Å². The Morgan fingerprint density at radius 3 is 2.62 bits per heavy atom. The summed E-state index contributed by atoms with van der Waals surface area (Å²) in [6.07, 6.45) is 3.80. The van der Waals surface area contributed by atoms with Crippen LogP contribution < -0.4 is 11.1 Å². The van der Waals surface area contributed by atoms with E-state index in [1.54, 1.807) is 17.0 Å². The van der Waals surface area contributed by atoms with Gasteiger partial charge in [0.15, 0.2) is 0 Å². The first-order chi connectivity index (χ1) is 16.1. The fourth-order valence-corrected chi connectivity index (χ4v) is 8.10. The van der Waals surface area contributed by atoms with Gasteiger partial charge in [-0.3, -0.25) is 19.7 Å². The molecule has 0 aromatic heterocycles. The molecule has 4 rings (SSSR count). The number of nitro groups is 1. The average molecular weight is 481 g/mol. The van der Waals surface area contributed by atoms with E-state index in [1.165, 1.54) is 23.3 Å². The molecular formula is C25H32N4O4Si.